The predicted octanol–water partition coefficient (Wildman–Crippen LogP) is 2.61. The van der Waals surface area contributed by atoms with Gasteiger partial charge in [-0.3, -0.25) is 9.59 Å². The van der Waals surface area contributed by atoms with Crippen LogP contribution in [0.15, 0.2) is 28.7 Å². The van der Waals surface area contributed by atoms with Crippen molar-refractivity contribution >= 4 is 33.8 Å². The Kier molecular flexibility index (Phi) is 7.04. The van der Waals surface area contributed by atoms with E-state index in [4.69, 9.17) is 4.74 Å². The fourth-order valence-electron chi connectivity index (χ4n) is 1.98. The number of Topliss-reactive ketones (excluding diaryl/α,β-unsaturated/α-hetero) is 1. The number of esters is 1. The SMILES string of the molecule is CCOC(=O)C(C(C)=O)C(NC(=O)OC)c1ccc(Br)cc1. The van der Waals surface area contributed by atoms with Crippen LogP contribution < -0.4 is 5.32 Å². The Hall–Kier alpha value is -1.89. The molecule has 0 fully saturated rings. The smallest absolute Gasteiger partial charge is 0.407 e. The molecule has 0 aromatic heterocycles. The van der Waals surface area contributed by atoms with Crippen LogP contribution in [-0.2, 0) is 19.1 Å². The number of amides is 1. The number of halogens is 1. The zero-order chi connectivity index (χ0) is 16.7. The van der Waals surface area contributed by atoms with Crippen LogP contribution in [0.3, 0.4) is 0 Å². The van der Waals surface area contributed by atoms with Crippen LogP contribution in [0.25, 0.3) is 0 Å². The fourth-order valence-corrected chi connectivity index (χ4v) is 2.25. The van der Waals surface area contributed by atoms with Gasteiger partial charge in [0.05, 0.1) is 19.8 Å². The van der Waals surface area contributed by atoms with Crippen molar-refractivity contribution in [2.45, 2.75) is 19.9 Å². The summed E-state index contributed by atoms with van der Waals surface area (Å²) >= 11 is 3.31. The number of carbonyl (C=O) groups excluding carboxylic acids is 3. The van der Waals surface area contributed by atoms with Crippen LogP contribution >= 0.6 is 15.9 Å². The lowest BCUT2D eigenvalue weighted by Crippen LogP contribution is -2.40. The van der Waals surface area contributed by atoms with Crippen molar-refractivity contribution in [1.82, 2.24) is 5.32 Å². The van der Waals surface area contributed by atoms with E-state index in [2.05, 4.69) is 26.0 Å². The summed E-state index contributed by atoms with van der Waals surface area (Å²) in [5, 5.41) is 2.53. The van der Waals surface area contributed by atoms with Gasteiger partial charge in [-0.25, -0.2) is 4.79 Å². The second kappa shape index (κ2) is 8.53. The van der Waals surface area contributed by atoms with Crippen LogP contribution in [-0.4, -0.2) is 31.6 Å². The van der Waals surface area contributed by atoms with Gasteiger partial charge in [-0.1, -0.05) is 28.1 Å². The van der Waals surface area contributed by atoms with Crippen molar-refractivity contribution in [2.24, 2.45) is 5.92 Å². The maximum absolute atomic E-state index is 12.1. The first-order valence-corrected chi connectivity index (χ1v) is 7.47. The summed E-state index contributed by atoms with van der Waals surface area (Å²) in [5.74, 6) is -2.22. The zero-order valence-corrected chi connectivity index (χ0v) is 14.2. The molecule has 0 radical (unpaired) electrons. The third-order valence-electron chi connectivity index (χ3n) is 3.00. The molecule has 0 saturated heterocycles. The molecular formula is C15H18BrNO5. The maximum atomic E-state index is 12.1. The second-order valence-electron chi connectivity index (χ2n) is 4.51. The van der Waals surface area contributed by atoms with Crippen molar-refractivity contribution in [2.75, 3.05) is 13.7 Å². The first-order valence-electron chi connectivity index (χ1n) is 6.67. The molecule has 120 valence electrons. The maximum Gasteiger partial charge on any atom is 0.407 e. The average molecular weight is 372 g/mol. The highest BCUT2D eigenvalue weighted by Gasteiger charge is 2.36. The Bertz CT molecular complexity index is 543. The third-order valence-corrected chi connectivity index (χ3v) is 3.53. The largest absolute Gasteiger partial charge is 0.465 e. The molecule has 1 aromatic carbocycles. The van der Waals surface area contributed by atoms with Crippen molar-refractivity contribution in [3.8, 4) is 0 Å². The third kappa shape index (κ3) is 4.84. The topological polar surface area (TPSA) is 81.7 Å². The van der Waals surface area contributed by atoms with Gasteiger partial charge in [-0.15, -0.1) is 0 Å². The number of ketones is 1. The summed E-state index contributed by atoms with van der Waals surface area (Å²) in [6.07, 6.45) is -0.733. The Morgan fingerprint density at radius 3 is 2.27 bits per heavy atom. The summed E-state index contributed by atoms with van der Waals surface area (Å²) in [4.78, 5) is 35.6. The van der Waals surface area contributed by atoms with E-state index in [-0.39, 0.29) is 6.61 Å². The van der Waals surface area contributed by atoms with E-state index >= 15 is 0 Å². The summed E-state index contributed by atoms with van der Waals surface area (Å²) in [6, 6.07) is 6.06. The number of ether oxygens (including phenoxy) is 2. The number of carbonyl (C=O) groups is 3. The van der Waals surface area contributed by atoms with E-state index in [1.807, 2.05) is 0 Å². The van der Waals surface area contributed by atoms with E-state index in [1.54, 1.807) is 31.2 Å². The highest BCUT2D eigenvalue weighted by molar-refractivity contribution is 9.10. The molecule has 2 unspecified atom stereocenters. The van der Waals surface area contributed by atoms with Gasteiger partial charge in [0.1, 0.15) is 11.7 Å². The van der Waals surface area contributed by atoms with Gasteiger partial charge in [-0.2, -0.15) is 0 Å². The Labute approximate surface area is 137 Å². The highest BCUT2D eigenvalue weighted by Crippen LogP contribution is 2.26. The molecule has 6 nitrogen and oxygen atoms in total. The standard InChI is InChI=1S/C15H18BrNO5/c1-4-22-14(19)12(9(2)18)13(17-15(20)21-3)10-5-7-11(16)8-6-10/h5-8,12-13H,4H2,1-3H3,(H,17,20). The number of hydrogen-bond donors (Lipinski definition) is 1. The molecule has 0 saturated carbocycles. The van der Waals surface area contributed by atoms with E-state index in [0.717, 1.165) is 4.47 Å². The minimum absolute atomic E-state index is 0.147. The molecule has 1 amide bonds. The summed E-state index contributed by atoms with van der Waals surface area (Å²) in [7, 11) is 1.21. The van der Waals surface area contributed by atoms with Gasteiger partial charge in [-0.05, 0) is 31.5 Å². The van der Waals surface area contributed by atoms with Gasteiger partial charge in [0, 0.05) is 4.47 Å². The van der Waals surface area contributed by atoms with Crippen molar-refractivity contribution < 1.29 is 23.9 Å². The Morgan fingerprint density at radius 2 is 1.82 bits per heavy atom. The lowest BCUT2D eigenvalue weighted by Gasteiger charge is -2.24. The average Bonchev–Trinajstić information content (AvgIpc) is 2.47. The Morgan fingerprint density at radius 1 is 1.23 bits per heavy atom. The lowest BCUT2D eigenvalue weighted by atomic mass is 9.90. The number of rotatable bonds is 6. The molecule has 0 heterocycles. The minimum Gasteiger partial charge on any atom is -0.465 e. The van der Waals surface area contributed by atoms with E-state index < -0.39 is 29.8 Å². The Balaban J connectivity index is 3.20. The summed E-state index contributed by atoms with van der Waals surface area (Å²) < 4.78 is 10.4. The van der Waals surface area contributed by atoms with Crippen LogP contribution in [0, 0.1) is 5.92 Å². The normalized spacial score (nSPS) is 12.9. The number of benzene rings is 1. The van der Waals surface area contributed by atoms with Gasteiger partial charge < -0.3 is 14.8 Å². The molecule has 1 N–H and O–H groups in total. The van der Waals surface area contributed by atoms with Crippen molar-refractivity contribution in [3.05, 3.63) is 34.3 Å². The lowest BCUT2D eigenvalue weighted by molar-refractivity contribution is -0.152. The molecule has 1 rings (SSSR count). The van der Waals surface area contributed by atoms with Crippen LogP contribution in [0.4, 0.5) is 4.79 Å². The molecule has 0 aliphatic heterocycles. The number of methoxy groups -OCH3 is 1. The van der Waals surface area contributed by atoms with E-state index in [9.17, 15) is 14.4 Å². The molecular weight excluding hydrogens is 354 g/mol. The number of nitrogens with one attached hydrogen (secondary N) is 1. The predicted molar refractivity (Wildman–Crippen MR) is 83.2 cm³/mol. The van der Waals surface area contributed by atoms with E-state index in [1.165, 1.54) is 14.0 Å². The first kappa shape index (κ1) is 18.2. The molecule has 7 heteroatoms. The fraction of sp³-hybridized carbons (Fsp3) is 0.400. The molecule has 0 aliphatic carbocycles. The quantitative estimate of drug-likeness (QED) is 0.613. The summed E-state index contributed by atoms with van der Waals surface area (Å²) in [6.45, 7) is 3.08. The minimum atomic E-state index is -1.14. The molecule has 0 bridgehead atoms. The number of alkyl carbamates (subject to hydrolysis) is 1. The van der Waals surface area contributed by atoms with Crippen molar-refractivity contribution in [3.63, 3.8) is 0 Å². The van der Waals surface area contributed by atoms with Gasteiger partial charge in [0.25, 0.3) is 0 Å². The van der Waals surface area contributed by atoms with Crippen LogP contribution in [0.2, 0.25) is 0 Å². The van der Waals surface area contributed by atoms with Gasteiger partial charge in [0.2, 0.25) is 0 Å². The molecule has 1 aromatic rings. The second-order valence-corrected chi connectivity index (χ2v) is 5.42. The van der Waals surface area contributed by atoms with Gasteiger partial charge >= 0.3 is 12.1 Å². The molecule has 0 spiro atoms. The summed E-state index contributed by atoms with van der Waals surface area (Å²) in [5.41, 5.74) is 0.599. The molecule has 2 atom stereocenters. The first-order chi connectivity index (χ1) is 10.4. The highest BCUT2D eigenvalue weighted by atomic mass is 79.9. The van der Waals surface area contributed by atoms with Crippen molar-refractivity contribution in [1.29, 1.82) is 0 Å². The van der Waals surface area contributed by atoms with E-state index in [0.29, 0.717) is 5.56 Å². The van der Waals surface area contributed by atoms with Crippen LogP contribution in [0.5, 0.6) is 0 Å². The molecule has 0 aliphatic rings. The van der Waals surface area contributed by atoms with Crippen LogP contribution in [0.1, 0.15) is 25.5 Å². The molecule has 22 heavy (non-hydrogen) atoms. The van der Waals surface area contributed by atoms with Gasteiger partial charge in [0.15, 0.2) is 0 Å². The monoisotopic (exact) mass is 371 g/mol. The number of hydrogen-bond acceptors (Lipinski definition) is 5. The zero-order valence-electron chi connectivity index (χ0n) is 12.6.